The Balaban J connectivity index is 2.14. The molecule has 0 bridgehead atoms. The van der Waals surface area contributed by atoms with Crippen molar-refractivity contribution >= 4 is 5.91 Å². The molecule has 3 N–H and O–H groups in total. The molecule has 2 rings (SSSR count). The smallest absolute Gasteiger partial charge is 0.300 e. The second kappa shape index (κ2) is 4.67. The van der Waals surface area contributed by atoms with Gasteiger partial charge in [0.25, 0.3) is 0 Å². The number of nitrogens with one attached hydrogen (secondary N) is 1. The topological polar surface area (TPSA) is 90.3 Å². The van der Waals surface area contributed by atoms with Crippen molar-refractivity contribution < 1.29 is 9.21 Å². The van der Waals surface area contributed by atoms with E-state index in [-0.39, 0.29) is 11.2 Å². The third-order valence-electron chi connectivity index (χ3n) is 2.22. The van der Waals surface area contributed by atoms with Gasteiger partial charge in [-0.2, -0.15) is 0 Å². The quantitative estimate of drug-likeness (QED) is 0.446. The van der Waals surface area contributed by atoms with Gasteiger partial charge >= 0.3 is 5.91 Å². The van der Waals surface area contributed by atoms with Crippen LogP contribution in [0.25, 0.3) is 0 Å². The van der Waals surface area contributed by atoms with Crippen LogP contribution in [0.2, 0.25) is 0 Å². The highest BCUT2D eigenvalue weighted by Gasteiger charge is 2.09. The summed E-state index contributed by atoms with van der Waals surface area (Å²) >= 11 is 0. The Bertz CT molecular complexity index is 565. The molecule has 0 fully saturated rings. The molecule has 0 unspecified atom stereocenters. The average Bonchev–Trinajstić information content (AvgIpc) is 2.80. The molecule has 2 aromatic heterocycles. The lowest BCUT2D eigenvalue weighted by Crippen LogP contribution is -2.29. The fraction of sp³-hybridized carbons (Fsp3) is 0.0909. The number of hydrazine groups is 1. The van der Waals surface area contributed by atoms with Gasteiger partial charge in [-0.3, -0.25) is 15.0 Å². The maximum Gasteiger partial charge on any atom is 0.300 e. The number of amides is 1. The number of aromatic nitrogens is 1. The molecule has 0 spiro atoms. The molecule has 17 heavy (non-hydrogen) atoms. The summed E-state index contributed by atoms with van der Waals surface area (Å²) in [7, 11) is 0. The SMILES string of the molecule is NNC(=O)c1ccc(Cn2ccc(=O)cc2)o1. The van der Waals surface area contributed by atoms with Crippen molar-refractivity contribution in [1.82, 2.24) is 9.99 Å². The van der Waals surface area contributed by atoms with Gasteiger partial charge in [-0.05, 0) is 12.1 Å². The van der Waals surface area contributed by atoms with Crippen LogP contribution >= 0.6 is 0 Å². The molecule has 0 aliphatic heterocycles. The zero-order chi connectivity index (χ0) is 12.3. The van der Waals surface area contributed by atoms with E-state index in [0.717, 1.165) is 0 Å². The minimum Gasteiger partial charge on any atom is -0.454 e. The van der Waals surface area contributed by atoms with Crippen LogP contribution in [0.3, 0.4) is 0 Å². The number of carbonyl (C=O) groups excluding carboxylic acids is 1. The van der Waals surface area contributed by atoms with Crippen molar-refractivity contribution in [2.24, 2.45) is 5.84 Å². The lowest BCUT2D eigenvalue weighted by molar-refractivity contribution is 0.0924. The van der Waals surface area contributed by atoms with Crippen LogP contribution in [0.4, 0.5) is 0 Å². The minimum atomic E-state index is -0.476. The summed E-state index contributed by atoms with van der Waals surface area (Å²) < 4.78 is 7.05. The van der Waals surface area contributed by atoms with Crippen LogP contribution < -0.4 is 16.7 Å². The fourth-order valence-electron chi connectivity index (χ4n) is 1.39. The molecule has 2 heterocycles. The van der Waals surface area contributed by atoms with E-state index >= 15 is 0 Å². The summed E-state index contributed by atoms with van der Waals surface area (Å²) in [6, 6.07) is 6.13. The first-order valence-electron chi connectivity index (χ1n) is 4.95. The number of nitrogen functional groups attached to an aromatic ring is 1. The molecule has 88 valence electrons. The minimum absolute atomic E-state index is 0.0520. The molecule has 0 atom stereocenters. The van der Waals surface area contributed by atoms with Crippen LogP contribution in [0.15, 0.2) is 45.9 Å². The highest BCUT2D eigenvalue weighted by molar-refractivity contribution is 5.90. The molecule has 2 aromatic rings. The Hall–Kier alpha value is -2.34. The van der Waals surface area contributed by atoms with E-state index in [9.17, 15) is 9.59 Å². The lowest BCUT2D eigenvalue weighted by atomic mass is 10.4. The average molecular weight is 233 g/mol. The maximum absolute atomic E-state index is 11.1. The Morgan fingerprint density at radius 2 is 2.00 bits per heavy atom. The van der Waals surface area contributed by atoms with Crippen molar-refractivity contribution in [3.8, 4) is 0 Å². The Morgan fingerprint density at radius 1 is 1.29 bits per heavy atom. The molecule has 6 heteroatoms. The van der Waals surface area contributed by atoms with Gasteiger partial charge in [-0.15, -0.1) is 0 Å². The van der Waals surface area contributed by atoms with Crippen molar-refractivity contribution in [3.63, 3.8) is 0 Å². The summed E-state index contributed by atoms with van der Waals surface area (Å²) in [6.07, 6.45) is 3.29. The van der Waals surface area contributed by atoms with Gasteiger partial charge in [-0.1, -0.05) is 0 Å². The number of furan rings is 1. The normalized spacial score (nSPS) is 10.2. The van der Waals surface area contributed by atoms with E-state index in [1.807, 2.05) is 5.43 Å². The van der Waals surface area contributed by atoms with Crippen LogP contribution in [-0.2, 0) is 6.54 Å². The molecule has 0 aliphatic carbocycles. The van der Waals surface area contributed by atoms with Gasteiger partial charge in [0.15, 0.2) is 11.2 Å². The van der Waals surface area contributed by atoms with Crippen molar-refractivity contribution in [2.45, 2.75) is 6.54 Å². The lowest BCUT2D eigenvalue weighted by Gasteiger charge is -2.02. The zero-order valence-corrected chi connectivity index (χ0v) is 8.92. The number of pyridine rings is 1. The molecule has 0 aromatic carbocycles. The molecule has 0 radical (unpaired) electrons. The van der Waals surface area contributed by atoms with Crippen molar-refractivity contribution in [1.29, 1.82) is 0 Å². The first-order valence-corrected chi connectivity index (χ1v) is 4.95. The van der Waals surface area contributed by atoms with Gasteiger partial charge < -0.3 is 8.98 Å². The van der Waals surface area contributed by atoms with Crippen LogP contribution in [0.5, 0.6) is 0 Å². The molecular weight excluding hydrogens is 222 g/mol. The van der Waals surface area contributed by atoms with Crippen LogP contribution in [0.1, 0.15) is 16.3 Å². The predicted molar refractivity (Wildman–Crippen MR) is 60.2 cm³/mol. The van der Waals surface area contributed by atoms with E-state index in [1.54, 1.807) is 29.1 Å². The maximum atomic E-state index is 11.1. The highest BCUT2D eigenvalue weighted by atomic mass is 16.4. The Morgan fingerprint density at radius 3 is 2.65 bits per heavy atom. The van der Waals surface area contributed by atoms with Crippen molar-refractivity contribution in [2.75, 3.05) is 0 Å². The van der Waals surface area contributed by atoms with E-state index in [1.165, 1.54) is 12.1 Å². The van der Waals surface area contributed by atoms with Crippen LogP contribution in [0, 0.1) is 0 Å². The Kier molecular flexibility index (Phi) is 3.06. The number of nitrogens with two attached hydrogens (primary N) is 1. The van der Waals surface area contributed by atoms with Gasteiger partial charge in [0, 0.05) is 24.5 Å². The number of rotatable bonds is 3. The zero-order valence-electron chi connectivity index (χ0n) is 8.92. The second-order valence-corrected chi connectivity index (χ2v) is 3.45. The second-order valence-electron chi connectivity index (χ2n) is 3.45. The van der Waals surface area contributed by atoms with Crippen LogP contribution in [-0.4, -0.2) is 10.5 Å². The van der Waals surface area contributed by atoms with E-state index in [0.29, 0.717) is 12.3 Å². The van der Waals surface area contributed by atoms with Gasteiger partial charge in [0.05, 0.1) is 6.54 Å². The third kappa shape index (κ3) is 2.61. The highest BCUT2D eigenvalue weighted by Crippen LogP contribution is 2.08. The number of carbonyl (C=O) groups is 1. The monoisotopic (exact) mass is 233 g/mol. The molecule has 0 aliphatic rings. The summed E-state index contributed by atoms with van der Waals surface area (Å²) in [5, 5.41) is 0. The van der Waals surface area contributed by atoms with E-state index < -0.39 is 5.91 Å². The standard InChI is InChI=1S/C11H11N3O3/c12-13-11(16)10-2-1-9(17-10)7-14-5-3-8(15)4-6-14/h1-6H,7,12H2,(H,13,16). The van der Waals surface area contributed by atoms with Gasteiger partial charge in [0.1, 0.15) is 5.76 Å². The van der Waals surface area contributed by atoms with Gasteiger partial charge in [-0.25, -0.2) is 5.84 Å². The Labute approximate surface area is 96.6 Å². The van der Waals surface area contributed by atoms with Crippen molar-refractivity contribution in [3.05, 3.63) is 58.4 Å². The summed E-state index contributed by atoms with van der Waals surface area (Å²) in [6.45, 7) is 0.443. The molecular formula is C11H11N3O3. The summed E-state index contributed by atoms with van der Waals surface area (Å²) in [5.74, 6) is 5.27. The number of hydrogen-bond donors (Lipinski definition) is 2. The predicted octanol–water partition coefficient (Wildman–Crippen LogP) is 0.0931. The van der Waals surface area contributed by atoms with Gasteiger partial charge in [0.2, 0.25) is 0 Å². The first kappa shape index (κ1) is 11.2. The van der Waals surface area contributed by atoms with E-state index in [2.05, 4.69) is 0 Å². The molecule has 1 amide bonds. The number of nitrogens with zero attached hydrogens (tertiary/aromatic N) is 1. The summed E-state index contributed by atoms with van der Waals surface area (Å²) in [5.41, 5.74) is 1.93. The summed E-state index contributed by atoms with van der Waals surface area (Å²) in [4.78, 5) is 22.0. The van der Waals surface area contributed by atoms with E-state index in [4.69, 9.17) is 10.3 Å². The third-order valence-corrected chi connectivity index (χ3v) is 2.22. The molecule has 0 saturated carbocycles. The number of hydrogen-bond acceptors (Lipinski definition) is 4. The molecule has 6 nitrogen and oxygen atoms in total. The largest absolute Gasteiger partial charge is 0.454 e. The molecule has 0 saturated heterocycles. The fourth-order valence-corrected chi connectivity index (χ4v) is 1.39. The first-order chi connectivity index (χ1) is 8.19.